The van der Waals surface area contributed by atoms with Crippen molar-refractivity contribution in [3.8, 4) is 5.75 Å². The van der Waals surface area contributed by atoms with E-state index in [2.05, 4.69) is 0 Å². The highest BCUT2D eigenvalue weighted by atomic mass is 32.2. The van der Waals surface area contributed by atoms with E-state index in [1.807, 2.05) is 0 Å². The zero-order chi connectivity index (χ0) is 23.5. The lowest BCUT2D eigenvalue weighted by Gasteiger charge is -2.33. The molecule has 0 spiro atoms. The fraction of sp³-hybridized carbons (Fsp3) is 0.381. The van der Waals surface area contributed by atoms with Crippen molar-refractivity contribution in [3.05, 3.63) is 54.1 Å². The van der Waals surface area contributed by atoms with Gasteiger partial charge in [-0.25, -0.2) is 8.42 Å². The number of benzene rings is 2. The molecule has 3 rings (SSSR count). The van der Waals surface area contributed by atoms with Crippen LogP contribution >= 0.6 is 0 Å². The molecule has 0 bridgehead atoms. The van der Waals surface area contributed by atoms with Crippen LogP contribution in [-0.4, -0.2) is 58.7 Å². The highest BCUT2D eigenvalue weighted by molar-refractivity contribution is 7.93. The van der Waals surface area contributed by atoms with E-state index >= 15 is 0 Å². The molecular weight excluding hydrogens is 449 g/mol. The highest BCUT2D eigenvalue weighted by Crippen LogP contribution is 2.36. The molecule has 7 nitrogen and oxygen atoms in total. The Balaban J connectivity index is 2.05. The number of hydrogen-bond donors (Lipinski definition) is 0. The third-order valence-corrected chi connectivity index (χ3v) is 6.83. The van der Waals surface area contributed by atoms with Crippen molar-refractivity contribution in [3.63, 3.8) is 0 Å². The minimum absolute atomic E-state index is 0.0393. The Hall–Kier alpha value is -2.79. The summed E-state index contributed by atoms with van der Waals surface area (Å²) in [5.74, 6) is -0.112. The number of anilines is 1. The second-order valence-electron chi connectivity index (χ2n) is 7.22. The molecule has 1 amide bonds. The summed E-state index contributed by atoms with van der Waals surface area (Å²) in [5.41, 5.74) is -1.26. The van der Waals surface area contributed by atoms with Crippen molar-refractivity contribution in [1.82, 2.24) is 4.90 Å². The van der Waals surface area contributed by atoms with Crippen LogP contribution in [0.2, 0.25) is 0 Å². The van der Waals surface area contributed by atoms with E-state index in [-0.39, 0.29) is 24.9 Å². The summed E-state index contributed by atoms with van der Waals surface area (Å²) in [4.78, 5) is 13.4. The first kappa shape index (κ1) is 23.9. The molecule has 1 fully saturated rings. The molecule has 2 aromatic rings. The number of halogens is 3. The second-order valence-corrected chi connectivity index (χ2v) is 9.06. The number of alkyl halides is 3. The maximum Gasteiger partial charge on any atom is 0.417 e. The number of sulfonamides is 1. The zero-order valence-electron chi connectivity index (χ0n) is 17.5. The minimum Gasteiger partial charge on any atom is -0.497 e. The second kappa shape index (κ2) is 9.37. The average molecular weight is 472 g/mol. The lowest BCUT2D eigenvalue weighted by molar-refractivity contribution is -0.139. The molecule has 0 saturated carbocycles. The predicted molar refractivity (Wildman–Crippen MR) is 111 cm³/mol. The van der Waals surface area contributed by atoms with Crippen molar-refractivity contribution in [2.75, 3.05) is 37.7 Å². The largest absolute Gasteiger partial charge is 0.497 e. The summed E-state index contributed by atoms with van der Waals surface area (Å²) in [5, 5.41) is 0. The van der Waals surface area contributed by atoms with Gasteiger partial charge in [-0.15, -0.1) is 0 Å². The Morgan fingerprint density at radius 2 is 1.84 bits per heavy atom. The van der Waals surface area contributed by atoms with Gasteiger partial charge in [-0.2, -0.15) is 13.2 Å². The SMILES string of the molecule is COc1ccc(N(CC(=O)N2CCO[C@H](C)C2)S(=O)(=O)c2ccccc2C(F)(F)F)cc1. The third kappa shape index (κ3) is 5.16. The molecular formula is C21H23F3N2O5S. The van der Waals surface area contributed by atoms with Crippen LogP contribution in [0.3, 0.4) is 0 Å². The van der Waals surface area contributed by atoms with E-state index in [9.17, 15) is 26.4 Å². The van der Waals surface area contributed by atoms with Gasteiger partial charge in [0.15, 0.2) is 0 Å². The van der Waals surface area contributed by atoms with Crippen LogP contribution in [0, 0.1) is 0 Å². The maximum atomic E-state index is 13.6. The molecule has 0 aromatic heterocycles. The molecule has 32 heavy (non-hydrogen) atoms. The van der Waals surface area contributed by atoms with Crippen LogP contribution in [0.25, 0.3) is 0 Å². The Labute approximate surface area is 184 Å². The number of amides is 1. The first-order valence-corrected chi connectivity index (χ1v) is 11.2. The molecule has 0 radical (unpaired) electrons. The van der Waals surface area contributed by atoms with Gasteiger partial charge in [0, 0.05) is 13.1 Å². The summed E-state index contributed by atoms with van der Waals surface area (Å²) in [7, 11) is -3.32. The van der Waals surface area contributed by atoms with E-state index in [1.54, 1.807) is 6.92 Å². The highest BCUT2D eigenvalue weighted by Gasteiger charge is 2.40. The maximum absolute atomic E-state index is 13.6. The topological polar surface area (TPSA) is 76.2 Å². The van der Waals surface area contributed by atoms with Crippen LogP contribution in [0.5, 0.6) is 5.75 Å². The molecule has 1 aliphatic rings. The van der Waals surface area contributed by atoms with Gasteiger partial charge in [0.25, 0.3) is 10.0 Å². The summed E-state index contributed by atoms with van der Waals surface area (Å²) < 4.78 is 78.7. The van der Waals surface area contributed by atoms with Crippen molar-refractivity contribution in [2.24, 2.45) is 0 Å². The minimum atomic E-state index is -4.89. The summed E-state index contributed by atoms with van der Waals surface area (Å²) >= 11 is 0. The first-order chi connectivity index (χ1) is 15.0. The van der Waals surface area contributed by atoms with Gasteiger partial charge in [-0.1, -0.05) is 12.1 Å². The molecule has 11 heteroatoms. The van der Waals surface area contributed by atoms with Gasteiger partial charge < -0.3 is 14.4 Å². The summed E-state index contributed by atoms with van der Waals surface area (Å²) in [6.45, 7) is 1.93. The summed E-state index contributed by atoms with van der Waals surface area (Å²) in [6.07, 6.45) is -5.12. The fourth-order valence-electron chi connectivity index (χ4n) is 3.38. The molecule has 1 aliphatic heterocycles. The molecule has 0 aliphatic carbocycles. The number of morpholine rings is 1. The third-order valence-electron chi connectivity index (χ3n) is 4.99. The number of ether oxygens (including phenoxy) is 2. The Bertz CT molecular complexity index is 1060. The number of hydrogen-bond acceptors (Lipinski definition) is 5. The fourth-order valence-corrected chi connectivity index (χ4v) is 5.01. The molecule has 1 atom stereocenters. The van der Waals surface area contributed by atoms with Crippen molar-refractivity contribution >= 4 is 21.6 Å². The van der Waals surface area contributed by atoms with E-state index in [4.69, 9.17) is 9.47 Å². The Morgan fingerprint density at radius 1 is 1.19 bits per heavy atom. The van der Waals surface area contributed by atoms with E-state index in [0.717, 1.165) is 12.1 Å². The average Bonchev–Trinajstić information content (AvgIpc) is 2.76. The standard InChI is InChI=1S/C21H23F3N2O5S/c1-15-13-25(11-12-31-15)20(27)14-26(16-7-9-17(30-2)10-8-16)32(28,29)19-6-4-3-5-18(19)21(22,23)24/h3-10,15H,11-14H2,1-2H3/t15-/m1/s1. The van der Waals surface area contributed by atoms with Crippen molar-refractivity contribution in [2.45, 2.75) is 24.1 Å². The lowest BCUT2D eigenvalue weighted by atomic mass is 10.2. The molecule has 2 aromatic carbocycles. The Kier molecular flexibility index (Phi) is 6.99. The van der Waals surface area contributed by atoms with Crippen LogP contribution in [0.4, 0.5) is 18.9 Å². The van der Waals surface area contributed by atoms with Crippen molar-refractivity contribution < 1.29 is 35.9 Å². The van der Waals surface area contributed by atoms with Gasteiger partial charge in [-0.3, -0.25) is 9.10 Å². The quantitative estimate of drug-likeness (QED) is 0.646. The molecule has 0 unspecified atom stereocenters. The van der Waals surface area contributed by atoms with E-state index in [0.29, 0.717) is 22.7 Å². The van der Waals surface area contributed by atoms with Gasteiger partial charge in [0.05, 0.1) is 36.0 Å². The molecule has 1 saturated heterocycles. The molecule has 174 valence electrons. The van der Waals surface area contributed by atoms with Crippen LogP contribution in [-0.2, 0) is 25.7 Å². The van der Waals surface area contributed by atoms with E-state index < -0.39 is 39.1 Å². The molecule has 0 N–H and O–H groups in total. The first-order valence-electron chi connectivity index (χ1n) is 9.76. The normalized spacial score (nSPS) is 17.2. The zero-order valence-corrected chi connectivity index (χ0v) is 18.3. The van der Waals surface area contributed by atoms with Gasteiger partial charge in [0.1, 0.15) is 12.3 Å². The number of carbonyl (C=O) groups is 1. The number of nitrogens with zero attached hydrogens (tertiary/aromatic N) is 2. The van der Waals surface area contributed by atoms with Crippen LogP contribution < -0.4 is 9.04 Å². The van der Waals surface area contributed by atoms with E-state index in [1.165, 1.54) is 42.3 Å². The van der Waals surface area contributed by atoms with Gasteiger partial charge in [-0.05, 0) is 43.3 Å². The van der Waals surface area contributed by atoms with Crippen LogP contribution in [0.1, 0.15) is 12.5 Å². The van der Waals surface area contributed by atoms with Crippen LogP contribution in [0.15, 0.2) is 53.4 Å². The smallest absolute Gasteiger partial charge is 0.417 e. The number of carbonyl (C=O) groups excluding carboxylic acids is 1. The Morgan fingerprint density at radius 3 is 2.44 bits per heavy atom. The summed E-state index contributed by atoms with van der Waals surface area (Å²) in [6, 6.07) is 9.59. The molecule has 1 heterocycles. The van der Waals surface area contributed by atoms with Crippen molar-refractivity contribution in [1.29, 1.82) is 0 Å². The predicted octanol–water partition coefficient (Wildman–Crippen LogP) is 3.16. The monoisotopic (exact) mass is 472 g/mol. The van der Waals surface area contributed by atoms with Gasteiger partial charge in [0.2, 0.25) is 5.91 Å². The van der Waals surface area contributed by atoms with Gasteiger partial charge >= 0.3 is 6.18 Å². The lowest BCUT2D eigenvalue weighted by Crippen LogP contribution is -2.49. The number of rotatable bonds is 6. The number of methoxy groups -OCH3 is 1.